The normalized spacial score (nSPS) is 12.1. The fraction of sp³-hybridized carbons (Fsp3) is 0.185. The Morgan fingerprint density at radius 1 is 1.04 bits per heavy atom. The number of carbonyl (C=O) groups excluding carboxylic acids is 3. The van der Waals surface area contributed by atoms with Gasteiger partial charge in [0.1, 0.15) is 11.3 Å². The molecule has 0 unspecified atom stereocenters. The molecule has 0 radical (unpaired) electrons. The third-order valence-corrected chi connectivity index (χ3v) is 7.80. The van der Waals surface area contributed by atoms with Crippen LogP contribution in [-0.2, 0) is 24.3 Å². The molecule has 0 bridgehead atoms. The monoisotopic (exact) mass is 654 g/mol. The van der Waals surface area contributed by atoms with Gasteiger partial charge in [-0.3, -0.25) is 10.1 Å². The molecule has 2 aromatic heterocycles. The number of nitrogens with zero attached hydrogens (tertiary/aromatic N) is 6. The van der Waals surface area contributed by atoms with Gasteiger partial charge in [-0.05, 0) is 39.0 Å². The number of carbonyl (C=O) groups is 3. The molecule has 0 fully saturated rings. The minimum Gasteiger partial charge on any atom is -0.510 e. The maximum absolute atomic E-state index is 13.5. The van der Waals surface area contributed by atoms with E-state index in [9.17, 15) is 27.9 Å². The molecule has 0 saturated carbocycles. The number of amides is 1. The number of anilines is 1. The zero-order valence-corrected chi connectivity index (χ0v) is 25.6. The van der Waals surface area contributed by atoms with E-state index in [2.05, 4.69) is 30.8 Å². The maximum atomic E-state index is 13.5. The van der Waals surface area contributed by atoms with Gasteiger partial charge in [-0.1, -0.05) is 47.7 Å². The van der Waals surface area contributed by atoms with Crippen LogP contribution in [0.25, 0.3) is 16.9 Å². The minimum atomic E-state index is -4.17. The lowest BCUT2D eigenvalue weighted by Crippen LogP contribution is -2.17. The highest BCUT2D eigenvalue weighted by Gasteiger charge is 2.31. The van der Waals surface area contributed by atoms with E-state index < -0.39 is 43.7 Å². The largest absolute Gasteiger partial charge is 0.510 e. The molecule has 4 N–H and O–H groups in total. The molecule has 4 aromatic rings. The second-order valence-corrected chi connectivity index (χ2v) is 11.5. The lowest BCUT2D eigenvalue weighted by atomic mass is 10.0. The van der Waals surface area contributed by atoms with Crippen LogP contribution >= 0.6 is 11.3 Å². The zero-order chi connectivity index (χ0) is 32.7. The minimum absolute atomic E-state index is 0.0100. The van der Waals surface area contributed by atoms with Crippen LogP contribution in [0.3, 0.4) is 0 Å². The number of rotatable bonds is 11. The molecule has 16 nitrogen and oxygen atoms in total. The third kappa shape index (κ3) is 7.61. The first-order valence-corrected chi connectivity index (χ1v) is 15.4. The summed E-state index contributed by atoms with van der Waals surface area (Å²) in [5, 5.41) is 36.6. The van der Waals surface area contributed by atoms with E-state index in [0.717, 1.165) is 0 Å². The van der Waals surface area contributed by atoms with Gasteiger partial charge < -0.3 is 14.6 Å². The Bertz CT molecular complexity index is 1910. The van der Waals surface area contributed by atoms with Crippen LogP contribution in [-0.4, -0.2) is 64.6 Å². The Kier molecular flexibility index (Phi) is 10.1. The Hall–Kier alpha value is -5.33. The van der Waals surface area contributed by atoms with Crippen molar-refractivity contribution in [3.8, 4) is 16.9 Å². The van der Waals surface area contributed by atoms with Crippen molar-refractivity contribution in [1.82, 2.24) is 20.0 Å². The highest BCUT2D eigenvalue weighted by molar-refractivity contribution is 7.91. The second-order valence-electron chi connectivity index (χ2n) is 8.82. The number of aliphatic hydroxyl groups is 1. The van der Waals surface area contributed by atoms with Gasteiger partial charge >= 0.3 is 11.9 Å². The van der Waals surface area contributed by atoms with Gasteiger partial charge in [-0.2, -0.15) is 10.2 Å². The van der Waals surface area contributed by atoms with E-state index in [1.807, 2.05) is 0 Å². The van der Waals surface area contributed by atoms with Crippen molar-refractivity contribution < 1.29 is 37.4 Å². The summed E-state index contributed by atoms with van der Waals surface area (Å²) in [4.78, 5) is 39.0. The van der Waals surface area contributed by atoms with Crippen molar-refractivity contribution in [2.24, 2.45) is 15.4 Å². The first-order valence-electron chi connectivity index (χ1n) is 13.1. The Balaban J connectivity index is 1.86. The number of benzene rings is 2. The van der Waals surface area contributed by atoms with Crippen LogP contribution in [0, 0.1) is 0 Å². The van der Waals surface area contributed by atoms with Crippen molar-refractivity contribution in [3.63, 3.8) is 0 Å². The number of esters is 2. The van der Waals surface area contributed by atoms with Gasteiger partial charge in [0, 0.05) is 5.56 Å². The molecule has 0 aliphatic carbocycles. The average Bonchev–Trinajstić information content (AvgIpc) is 3.64. The summed E-state index contributed by atoms with van der Waals surface area (Å²) in [6, 6.07) is 14.9. The predicted molar refractivity (Wildman–Crippen MR) is 161 cm³/mol. The molecular weight excluding hydrogens is 628 g/mol. The number of nitrogens with two attached hydrogens (primary N) is 1. The fourth-order valence-corrected chi connectivity index (χ4v) is 5.14. The van der Waals surface area contributed by atoms with Crippen molar-refractivity contribution >= 4 is 50.0 Å². The van der Waals surface area contributed by atoms with Crippen LogP contribution in [0.4, 0.5) is 10.8 Å². The number of nitrogens with one attached hydrogen (secondary N) is 1. The van der Waals surface area contributed by atoms with Gasteiger partial charge in [-0.25, -0.2) is 27.8 Å². The Labute approximate surface area is 260 Å². The maximum Gasteiger partial charge on any atom is 0.362 e. The lowest BCUT2D eigenvalue weighted by molar-refractivity contribution is -0.138. The summed E-state index contributed by atoms with van der Waals surface area (Å²) < 4.78 is 34.2. The summed E-state index contributed by atoms with van der Waals surface area (Å²) in [5.41, 5.74) is 0.284. The first-order chi connectivity index (χ1) is 21.4. The average molecular weight is 655 g/mol. The molecule has 0 saturated heterocycles. The van der Waals surface area contributed by atoms with Gasteiger partial charge in [0.15, 0.2) is 5.69 Å². The van der Waals surface area contributed by atoms with E-state index in [0.29, 0.717) is 22.6 Å². The first kappa shape index (κ1) is 32.6. The summed E-state index contributed by atoms with van der Waals surface area (Å²) >= 11 is 0.513. The lowest BCUT2D eigenvalue weighted by Gasteiger charge is -2.10. The van der Waals surface area contributed by atoms with Gasteiger partial charge in [-0.15, -0.1) is 15.3 Å². The van der Waals surface area contributed by atoms with E-state index in [4.69, 9.17) is 14.6 Å². The number of azo groups is 1. The molecular formula is C27H26N8O8S2. The summed E-state index contributed by atoms with van der Waals surface area (Å²) in [5.74, 6) is -3.02. The SMILES string of the molecule is CCOC(=O)/C(N=Nc1cccc(-n2nc(C(=O)Nc3nnc(S(N)(=O)=O)s3)c(C(=O)OCC)c2-c2ccccc2)c1)=C(\C)O. The van der Waals surface area contributed by atoms with E-state index in [1.54, 1.807) is 62.4 Å². The quantitative estimate of drug-likeness (QED) is 0.0690. The molecule has 2 aromatic carbocycles. The molecule has 2 heterocycles. The van der Waals surface area contributed by atoms with Crippen molar-refractivity contribution in [3.05, 3.63) is 77.3 Å². The fourth-order valence-electron chi connectivity index (χ4n) is 3.81. The van der Waals surface area contributed by atoms with Gasteiger partial charge in [0.25, 0.3) is 15.9 Å². The third-order valence-electron chi connectivity index (χ3n) is 5.65. The van der Waals surface area contributed by atoms with Crippen molar-refractivity contribution in [2.75, 3.05) is 18.5 Å². The number of ether oxygens (including phenoxy) is 2. The van der Waals surface area contributed by atoms with Crippen LogP contribution in [0.15, 0.2) is 80.6 Å². The number of hydrogen-bond donors (Lipinski definition) is 3. The van der Waals surface area contributed by atoms with Gasteiger partial charge in [0.2, 0.25) is 15.2 Å². The smallest absolute Gasteiger partial charge is 0.362 e. The number of hydrogen-bond acceptors (Lipinski definition) is 14. The zero-order valence-electron chi connectivity index (χ0n) is 24.0. The molecule has 0 atom stereocenters. The molecule has 4 rings (SSSR count). The topological polar surface area (TPSA) is 230 Å². The summed E-state index contributed by atoms with van der Waals surface area (Å²) in [6.07, 6.45) is 0. The molecule has 0 spiro atoms. The van der Waals surface area contributed by atoms with Crippen LogP contribution < -0.4 is 10.5 Å². The van der Waals surface area contributed by atoms with Crippen molar-refractivity contribution in [2.45, 2.75) is 25.1 Å². The number of aromatic nitrogens is 4. The molecule has 234 valence electrons. The summed E-state index contributed by atoms with van der Waals surface area (Å²) in [7, 11) is -4.17. The molecule has 0 aliphatic rings. The standard InChI is InChI=1S/C27H26N8O8S2/c1-4-42-24(38)19-21(23(37)29-26-32-33-27(44-26)45(28,40)41)34-35(22(19)16-10-7-6-8-11-16)18-13-9-12-17(14-18)30-31-20(15(3)36)25(39)43-5-2/h6-14,36H,4-5H2,1-3H3,(H2,28,40,41)(H,29,32,37)/b20-15-,31-30?. The van der Waals surface area contributed by atoms with Gasteiger partial charge in [0.05, 0.1) is 30.3 Å². The second kappa shape index (κ2) is 14.0. The highest BCUT2D eigenvalue weighted by Crippen LogP contribution is 2.32. The Morgan fingerprint density at radius 3 is 2.38 bits per heavy atom. The van der Waals surface area contributed by atoms with Crippen LogP contribution in [0.1, 0.15) is 41.6 Å². The number of primary sulfonamides is 1. The highest BCUT2D eigenvalue weighted by atomic mass is 32.2. The molecule has 18 heteroatoms. The van der Waals surface area contributed by atoms with E-state index in [1.165, 1.54) is 17.7 Å². The molecule has 45 heavy (non-hydrogen) atoms. The number of sulfonamides is 1. The summed E-state index contributed by atoms with van der Waals surface area (Å²) in [6.45, 7) is 4.52. The van der Waals surface area contributed by atoms with Crippen molar-refractivity contribution in [1.29, 1.82) is 0 Å². The van der Waals surface area contributed by atoms with E-state index >= 15 is 0 Å². The number of aliphatic hydroxyl groups excluding tert-OH is 1. The number of allylic oxidation sites excluding steroid dienone is 1. The van der Waals surface area contributed by atoms with Crippen LogP contribution in [0.5, 0.6) is 0 Å². The van der Waals surface area contributed by atoms with Crippen LogP contribution in [0.2, 0.25) is 0 Å². The predicted octanol–water partition coefficient (Wildman–Crippen LogP) is 3.90. The molecule has 0 aliphatic heterocycles. The molecule has 1 amide bonds. The Morgan fingerprint density at radius 2 is 1.76 bits per heavy atom. The van der Waals surface area contributed by atoms with E-state index in [-0.39, 0.29) is 41.0 Å².